The summed E-state index contributed by atoms with van der Waals surface area (Å²) < 4.78 is 10.6. The summed E-state index contributed by atoms with van der Waals surface area (Å²) in [6.45, 7) is 5.77. The molecule has 4 rings (SSSR count). The van der Waals surface area contributed by atoms with Gasteiger partial charge in [-0.25, -0.2) is 9.78 Å². The highest BCUT2D eigenvalue weighted by atomic mass is 32.1. The fourth-order valence-electron chi connectivity index (χ4n) is 3.81. The molecule has 1 atom stereocenters. The lowest BCUT2D eigenvalue weighted by atomic mass is 9.96. The molecule has 2 aromatic heterocycles. The second-order valence-corrected chi connectivity index (χ2v) is 8.53. The van der Waals surface area contributed by atoms with E-state index in [2.05, 4.69) is 9.97 Å². The van der Waals surface area contributed by atoms with Gasteiger partial charge < -0.3 is 14.6 Å². The molecular formula is C25H23N3O6S. The number of pyridine rings is 1. The Morgan fingerprint density at radius 1 is 1.17 bits per heavy atom. The monoisotopic (exact) mass is 493 g/mol. The molecule has 0 spiro atoms. The third-order valence-corrected chi connectivity index (χ3v) is 6.45. The summed E-state index contributed by atoms with van der Waals surface area (Å²) in [6.07, 6.45) is 3.08. The second kappa shape index (κ2) is 10.1. The van der Waals surface area contributed by atoms with E-state index in [9.17, 15) is 19.5 Å². The first-order valence-electron chi connectivity index (χ1n) is 11.0. The summed E-state index contributed by atoms with van der Waals surface area (Å²) >= 11 is 0.950. The molecule has 1 saturated heterocycles. The first kappa shape index (κ1) is 24.1. The summed E-state index contributed by atoms with van der Waals surface area (Å²) in [6, 6.07) is 9.00. The van der Waals surface area contributed by atoms with E-state index in [1.165, 1.54) is 11.1 Å². The van der Waals surface area contributed by atoms with Crippen LogP contribution in [0.4, 0.5) is 5.13 Å². The molecule has 0 aliphatic carbocycles. The minimum atomic E-state index is -1.000. The molecule has 0 bridgehead atoms. The molecular weight excluding hydrogens is 470 g/mol. The van der Waals surface area contributed by atoms with Crippen LogP contribution in [-0.2, 0) is 14.3 Å². The maximum Gasteiger partial charge on any atom is 0.350 e. The third-order valence-electron chi connectivity index (χ3n) is 5.32. The predicted molar refractivity (Wildman–Crippen MR) is 129 cm³/mol. The molecule has 1 N–H and O–H groups in total. The summed E-state index contributed by atoms with van der Waals surface area (Å²) in [7, 11) is 0. The van der Waals surface area contributed by atoms with Gasteiger partial charge in [-0.05, 0) is 44.5 Å². The molecule has 1 unspecified atom stereocenters. The van der Waals surface area contributed by atoms with Crippen LogP contribution in [0.1, 0.15) is 46.4 Å². The Bertz CT molecular complexity index is 1320. The minimum absolute atomic E-state index is 0.109. The molecule has 1 aliphatic rings. The van der Waals surface area contributed by atoms with Crippen LogP contribution in [0, 0.1) is 6.92 Å². The van der Waals surface area contributed by atoms with Gasteiger partial charge in [0, 0.05) is 18.0 Å². The van der Waals surface area contributed by atoms with Gasteiger partial charge in [-0.1, -0.05) is 29.5 Å². The number of ether oxygens (including phenoxy) is 2. The molecule has 0 radical (unpaired) electrons. The van der Waals surface area contributed by atoms with Crippen LogP contribution < -0.4 is 9.64 Å². The number of aliphatic hydroxyl groups excluding tert-OH is 1. The van der Waals surface area contributed by atoms with Crippen LogP contribution in [0.2, 0.25) is 0 Å². The zero-order valence-electron chi connectivity index (χ0n) is 19.3. The summed E-state index contributed by atoms with van der Waals surface area (Å²) in [5.74, 6) is -2.14. The predicted octanol–water partition coefficient (Wildman–Crippen LogP) is 4.05. The number of thiazole rings is 1. The van der Waals surface area contributed by atoms with Crippen LogP contribution in [-0.4, -0.2) is 45.9 Å². The second-order valence-electron chi connectivity index (χ2n) is 7.55. The number of benzene rings is 1. The van der Waals surface area contributed by atoms with Crippen LogP contribution in [0.25, 0.3) is 5.76 Å². The fraction of sp³-hybridized carbons (Fsp3) is 0.240. The minimum Gasteiger partial charge on any atom is -0.507 e. The number of hydrogen-bond donors (Lipinski definition) is 1. The number of carbonyl (C=O) groups excluding carboxylic acids is 3. The lowest BCUT2D eigenvalue weighted by Crippen LogP contribution is -2.29. The molecule has 1 aliphatic heterocycles. The number of aryl methyl sites for hydroxylation is 1. The quantitative estimate of drug-likeness (QED) is 0.227. The fourth-order valence-corrected chi connectivity index (χ4v) is 4.80. The van der Waals surface area contributed by atoms with Crippen molar-refractivity contribution in [3.63, 3.8) is 0 Å². The molecule has 3 aromatic rings. The molecule has 9 nitrogen and oxygen atoms in total. The van der Waals surface area contributed by atoms with Gasteiger partial charge in [-0.15, -0.1) is 0 Å². The topological polar surface area (TPSA) is 119 Å². The van der Waals surface area contributed by atoms with Crippen LogP contribution in [0.5, 0.6) is 5.75 Å². The van der Waals surface area contributed by atoms with Gasteiger partial charge in [-0.2, -0.15) is 0 Å². The highest BCUT2D eigenvalue weighted by Gasteiger charge is 2.48. The number of hydrogen-bond acceptors (Lipinski definition) is 9. The Labute approximate surface area is 205 Å². The van der Waals surface area contributed by atoms with Gasteiger partial charge in [0.1, 0.15) is 16.4 Å². The number of aromatic nitrogens is 2. The molecule has 10 heteroatoms. The number of amides is 1. The Morgan fingerprint density at radius 3 is 2.66 bits per heavy atom. The summed E-state index contributed by atoms with van der Waals surface area (Å²) in [4.78, 5) is 48.8. The van der Waals surface area contributed by atoms with Gasteiger partial charge >= 0.3 is 11.9 Å². The molecule has 35 heavy (non-hydrogen) atoms. The maximum atomic E-state index is 13.3. The largest absolute Gasteiger partial charge is 0.507 e. The van der Waals surface area contributed by atoms with Crippen molar-refractivity contribution in [1.29, 1.82) is 0 Å². The molecule has 1 aromatic carbocycles. The van der Waals surface area contributed by atoms with Gasteiger partial charge in [0.15, 0.2) is 5.13 Å². The zero-order valence-corrected chi connectivity index (χ0v) is 20.2. The van der Waals surface area contributed by atoms with E-state index in [-0.39, 0.29) is 27.9 Å². The number of aliphatic hydroxyl groups is 1. The van der Waals surface area contributed by atoms with Crippen molar-refractivity contribution in [1.82, 2.24) is 9.97 Å². The van der Waals surface area contributed by atoms with E-state index < -0.39 is 23.7 Å². The molecule has 1 fully saturated rings. The summed E-state index contributed by atoms with van der Waals surface area (Å²) in [5.41, 5.74) is 1.09. The van der Waals surface area contributed by atoms with Crippen molar-refractivity contribution in [2.75, 3.05) is 18.1 Å². The van der Waals surface area contributed by atoms with Gasteiger partial charge in [0.05, 0.1) is 30.5 Å². The maximum absolute atomic E-state index is 13.3. The lowest BCUT2D eigenvalue weighted by Gasteiger charge is -2.22. The lowest BCUT2D eigenvalue weighted by molar-refractivity contribution is -0.132. The molecule has 0 saturated carbocycles. The van der Waals surface area contributed by atoms with Crippen molar-refractivity contribution in [3.05, 3.63) is 76.1 Å². The number of carbonyl (C=O) groups is 3. The van der Waals surface area contributed by atoms with Gasteiger partial charge in [-0.3, -0.25) is 19.5 Å². The average Bonchev–Trinajstić information content (AvgIpc) is 3.36. The standard InChI is InChI=1S/C25H23N3O6S/c1-4-33-17-10-6-8-15(12-17)20(29)18-19(16-9-7-11-26-13-16)28(23(31)21(18)30)25-27-14(3)22(35-25)24(32)34-5-2/h6-13,19,29H,4-5H2,1-3H3/b20-18+. The number of Topliss-reactive ketones (excluding diaryl/α,β-unsaturated/α-hetero) is 1. The Balaban J connectivity index is 1.88. The van der Waals surface area contributed by atoms with E-state index >= 15 is 0 Å². The normalized spacial score (nSPS) is 17.0. The van der Waals surface area contributed by atoms with Crippen molar-refractivity contribution in [2.24, 2.45) is 0 Å². The zero-order chi connectivity index (χ0) is 25.1. The highest BCUT2D eigenvalue weighted by molar-refractivity contribution is 7.17. The third kappa shape index (κ3) is 4.52. The molecule has 3 heterocycles. The average molecular weight is 494 g/mol. The van der Waals surface area contributed by atoms with Crippen LogP contribution in [0.15, 0.2) is 54.4 Å². The Kier molecular flexibility index (Phi) is 6.92. The van der Waals surface area contributed by atoms with E-state index in [0.717, 1.165) is 11.3 Å². The Hall–Kier alpha value is -4.05. The summed E-state index contributed by atoms with van der Waals surface area (Å²) in [5, 5.41) is 11.4. The van der Waals surface area contributed by atoms with Crippen LogP contribution >= 0.6 is 11.3 Å². The SMILES string of the molecule is CCOC(=O)c1sc(N2C(=O)C(=O)/C(=C(/O)c3cccc(OCC)c3)C2c2cccnc2)nc1C. The Morgan fingerprint density at radius 2 is 1.97 bits per heavy atom. The van der Waals surface area contributed by atoms with Crippen molar-refractivity contribution in [3.8, 4) is 5.75 Å². The van der Waals surface area contributed by atoms with Crippen molar-refractivity contribution >= 4 is 39.9 Å². The van der Waals surface area contributed by atoms with E-state index in [1.54, 1.807) is 56.4 Å². The first-order valence-corrected chi connectivity index (χ1v) is 11.8. The van der Waals surface area contributed by atoms with E-state index in [1.807, 2.05) is 6.92 Å². The first-order chi connectivity index (χ1) is 16.9. The highest BCUT2D eigenvalue weighted by Crippen LogP contribution is 2.43. The number of anilines is 1. The number of ketones is 1. The number of rotatable bonds is 7. The van der Waals surface area contributed by atoms with E-state index in [0.29, 0.717) is 29.2 Å². The number of esters is 1. The van der Waals surface area contributed by atoms with Crippen LogP contribution in [0.3, 0.4) is 0 Å². The smallest absolute Gasteiger partial charge is 0.350 e. The molecule has 180 valence electrons. The van der Waals surface area contributed by atoms with Crippen molar-refractivity contribution in [2.45, 2.75) is 26.8 Å². The van der Waals surface area contributed by atoms with Gasteiger partial charge in [0.25, 0.3) is 5.78 Å². The van der Waals surface area contributed by atoms with Crippen molar-refractivity contribution < 1.29 is 29.0 Å². The number of nitrogens with zero attached hydrogens (tertiary/aromatic N) is 3. The van der Waals surface area contributed by atoms with Gasteiger partial charge in [0.2, 0.25) is 0 Å². The van der Waals surface area contributed by atoms with E-state index in [4.69, 9.17) is 9.47 Å². The molecule has 1 amide bonds.